The molecule has 0 aromatic heterocycles. The van der Waals surface area contributed by atoms with Crippen molar-refractivity contribution in [1.82, 2.24) is 10.0 Å². The highest BCUT2D eigenvalue weighted by atomic mass is 32.2. The van der Waals surface area contributed by atoms with E-state index in [-0.39, 0.29) is 13.1 Å². The minimum atomic E-state index is -4.36. The summed E-state index contributed by atoms with van der Waals surface area (Å²) in [6.07, 6.45) is -3.27. The molecule has 2 atom stereocenters. The second-order valence-corrected chi connectivity index (χ2v) is 6.27. The van der Waals surface area contributed by atoms with Crippen LogP contribution in [0.4, 0.5) is 13.2 Å². The van der Waals surface area contributed by atoms with Gasteiger partial charge in [-0.15, -0.1) is 0 Å². The molecule has 1 heterocycles. The molecule has 0 amide bonds. The number of halogens is 3. The van der Waals surface area contributed by atoms with Crippen LogP contribution in [0.2, 0.25) is 0 Å². The van der Waals surface area contributed by atoms with E-state index in [1.807, 2.05) is 0 Å². The second-order valence-electron chi connectivity index (χ2n) is 4.28. The van der Waals surface area contributed by atoms with Gasteiger partial charge in [-0.25, -0.2) is 13.1 Å². The lowest BCUT2D eigenvalue weighted by molar-refractivity contribution is -0.172. The van der Waals surface area contributed by atoms with E-state index in [0.29, 0.717) is 12.8 Å². The van der Waals surface area contributed by atoms with Crippen molar-refractivity contribution in [3.05, 3.63) is 0 Å². The van der Waals surface area contributed by atoms with Crippen LogP contribution in [0, 0.1) is 5.92 Å². The predicted molar refractivity (Wildman–Crippen MR) is 51.3 cm³/mol. The maximum absolute atomic E-state index is 12.5. The zero-order valence-electron chi connectivity index (χ0n) is 8.42. The van der Waals surface area contributed by atoms with Crippen LogP contribution >= 0.6 is 0 Å². The summed E-state index contributed by atoms with van der Waals surface area (Å²) < 4.78 is 62.8. The molecule has 1 saturated carbocycles. The summed E-state index contributed by atoms with van der Waals surface area (Å²) in [6, 6.07) is -1.06. The van der Waals surface area contributed by atoms with Gasteiger partial charge in [0.2, 0.25) is 10.0 Å². The molecule has 94 valence electrons. The standard InChI is InChI=1S/C8H13F3N2O2S/c9-8(10,11)6-3-12-4-7(6)13-16(14,15)5-1-2-5/h5-7,12-13H,1-4H2/t6-,7-/m1/s1. The van der Waals surface area contributed by atoms with Gasteiger partial charge >= 0.3 is 6.18 Å². The maximum Gasteiger partial charge on any atom is 0.394 e. The van der Waals surface area contributed by atoms with Crippen LogP contribution in [0.5, 0.6) is 0 Å². The molecule has 8 heteroatoms. The van der Waals surface area contributed by atoms with E-state index in [4.69, 9.17) is 0 Å². The minimum absolute atomic E-state index is 0.0378. The summed E-state index contributed by atoms with van der Waals surface area (Å²) in [5.41, 5.74) is 0. The monoisotopic (exact) mass is 258 g/mol. The van der Waals surface area contributed by atoms with E-state index in [1.165, 1.54) is 0 Å². The first kappa shape index (κ1) is 12.1. The molecule has 2 rings (SSSR count). The zero-order valence-corrected chi connectivity index (χ0v) is 9.24. The van der Waals surface area contributed by atoms with Gasteiger partial charge in [-0.2, -0.15) is 13.2 Å². The topological polar surface area (TPSA) is 58.2 Å². The third kappa shape index (κ3) is 2.49. The maximum atomic E-state index is 12.5. The van der Waals surface area contributed by atoms with Crippen LogP contribution < -0.4 is 10.0 Å². The van der Waals surface area contributed by atoms with E-state index in [9.17, 15) is 21.6 Å². The van der Waals surface area contributed by atoms with E-state index in [2.05, 4.69) is 10.0 Å². The molecule has 1 aliphatic heterocycles. The fourth-order valence-electron chi connectivity index (χ4n) is 1.83. The Kier molecular flexibility index (Phi) is 2.92. The molecular formula is C8H13F3N2O2S. The number of sulfonamides is 1. The molecule has 1 saturated heterocycles. The summed E-state index contributed by atoms with van der Waals surface area (Å²) in [5, 5.41) is 2.08. The molecule has 0 spiro atoms. The van der Waals surface area contributed by atoms with Crippen molar-refractivity contribution in [2.75, 3.05) is 13.1 Å². The highest BCUT2D eigenvalue weighted by molar-refractivity contribution is 7.90. The SMILES string of the molecule is O=S(=O)(N[C@@H]1CNC[C@H]1C(F)(F)F)C1CC1. The molecular weight excluding hydrogens is 245 g/mol. The van der Waals surface area contributed by atoms with Crippen LogP contribution in [0.3, 0.4) is 0 Å². The Morgan fingerprint density at radius 2 is 1.81 bits per heavy atom. The van der Waals surface area contributed by atoms with E-state index in [1.54, 1.807) is 0 Å². The predicted octanol–water partition coefficient (Wildman–Crippen LogP) is 0.218. The van der Waals surface area contributed by atoms with Gasteiger partial charge in [-0.3, -0.25) is 0 Å². The largest absolute Gasteiger partial charge is 0.394 e. The number of hydrogen-bond acceptors (Lipinski definition) is 3. The Morgan fingerprint density at radius 1 is 1.19 bits per heavy atom. The van der Waals surface area contributed by atoms with Gasteiger partial charge in [-0.05, 0) is 12.8 Å². The third-order valence-corrected chi connectivity index (χ3v) is 4.89. The number of hydrogen-bond donors (Lipinski definition) is 2. The molecule has 0 radical (unpaired) electrons. The van der Waals surface area contributed by atoms with Gasteiger partial charge in [0.05, 0.1) is 11.2 Å². The third-order valence-electron chi connectivity index (χ3n) is 2.91. The minimum Gasteiger partial charge on any atom is -0.314 e. The van der Waals surface area contributed by atoms with Gasteiger partial charge in [0.1, 0.15) is 0 Å². The number of rotatable bonds is 3. The molecule has 1 aliphatic carbocycles. The lowest BCUT2D eigenvalue weighted by atomic mass is 10.0. The quantitative estimate of drug-likeness (QED) is 0.761. The second kappa shape index (κ2) is 3.85. The molecule has 0 bridgehead atoms. The smallest absolute Gasteiger partial charge is 0.314 e. The molecule has 0 unspecified atom stereocenters. The van der Waals surface area contributed by atoms with Crippen molar-refractivity contribution >= 4 is 10.0 Å². The Labute approximate surface area is 91.6 Å². The van der Waals surface area contributed by atoms with E-state index < -0.39 is 33.4 Å². The highest BCUT2D eigenvalue weighted by Crippen LogP contribution is 2.33. The molecule has 0 aromatic carbocycles. The summed E-state index contributed by atoms with van der Waals surface area (Å²) in [7, 11) is -3.55. The van der Waals surface area contributed by atoms with Crippen LogP contribution in [0.1, 0.15) is 12.8 Å². The average molecular weight is 258 g/mol. The van der Waals surface area contributed by atoms with Crippen LogP contribution in [0.15, 0.2) is 0 Å². The fraction of sp³-hybridized carbons (Fsp3) is 1.00. The molecule has 4 nitrogen and oxygen atoms in total. The van der Waals surface area contributed by atoms with Crippen molar-refractivity contribution in [3.8, 4) is 0 Å². The average Bonchev–Trinajstić information content (AvgIpc) is 2.86. The van der Waals surface area contributed by atoms with Gasteiger partial charge in [0.25, 0.3) is 0 Å². The highest BCUT2D eigenvalue weighted by Gasteiger charge is 2.49. The zero-order chi connectivity index (χ0) is 12.0. The van der Waals surface area contributed by atoms with Gasteiger partial charge < -0.3 is 5.32 Å². The van der Waals surface area contributed by atoms with Gasteiger partial charge in [0.15, 0.2) is 0 Å². The van der Waals surface area contributed by atoms with Crippen LogP contribution in [0.25, 0.3) is 0 Å². The van der Waals surface area contributed by atoms with Crippen LogP contribution in [-0.4, -0.2) is 39.0 Å². The van der Waals surface area contributed by atoms with Gasteiger partial charge in [-0.1, -0.05) is 0 Å². The number of alkyl halides is 3. The van der Waals surface area contributed by atoms with Crippen molar-refractivity contribution in [2.24, 2.45) is 5.92 Å². The van der Waals surface area contributed by atoms with E-state index >= 15 is 0 Å². The van der Waals surface area contributed by atoms with Crippen LogP contribution in [-0.2, 0) is 10.0 Å². The fourth-order valence-corrected chi connectivity index (χ4v) is 3.45. The molecule has 2 N–H and O–H groups in total. The Bertz CT molecular complexity index is 364. The Balaban J connectivity index is 2.04. The van der Waals surface area contributed by atoms with E-state index in [0.717, 1.165) is 0 Å². The summed E-state index contributed by atoms with van der Waals surface area (Å²) >= 11 is 0. The summed E-state index contributed by atoms with van der Waals surface area (Å²) in [6.45, 7) is -0.183. The van der Waals surface area contributed by atoms with Crippen molar-refractivity contribution in [1.29, 1.82) is 0 Å². The molecule has 2 aliphatic rings. The first-order chi connectivity index (χ1) is 7.31. The van der Waals surface area contributed by atoms with Crippen molar-refractivity contribution in [2.45, 2.75) is 30.3 Å². The van der Waals surface area contributed by atoms with Crippen molar-refractivity contribution < 1.29 is 21.6 Å². The summed E-state index contributed by atoms with van der Waals surface area (Å²) in [5.74, 6) is -1.62. The first-order valence-electron chi connectivity index (χ1n) is 5.09. The Morgan fingerprint density at radius 3 is 2.31 bits per heavy atom. The number of nitrogens with one attached hydrogen (secondary N) is 2. The van der Waals surface area contributed by atoms with Crippen molar-refractivity contribution in [3.63, 3.8) is 0 Å². The molecule has 0 aromatic rings. The normalized spacial score (nSPS) is 31.9. The first-order valence-corrected chi connectivity index (χ1v) is 6.64. The lowest BCUT2D eigenvalue weighted by Crippen LogP contribution is -2.46. The van der Waals surface area contributed by atoms with Gasteiger partial charge in [0, 0.05) is 19.1 Å². The Hall–Kier alpha value is -0.340. The summed E-state index contributed by atoms with van der Waals surface area (Å²) in [4.78, 5) is 0. The molecule has 16 heavy (non-hydrogen) atoms. The molecule has 2 fully saturated rings. The lowest BCUT2D eigenvalue weighted by Gasteiger charge is -2.22.